The molecular formula is C21H26N4O4. The Hall–Kier alpha value is -3.13. The van der Waals surface area contributed by atoms with E-state index in [1.54, 1.807) is 17.9 Å². The van der Waals surface area contributed by atoms with Gasteiger partial charge in [-0.05, 0) is 54.5 Å². The van der Waals surface area contributed by atoms with Gasteiger partial charge in [0.25, 0.3) is 0 Å². The lowest BCUT2D eigenvalue weighted by Crippen LogP contribution is -2.12. The van der Waals surface area contributed by atoms with Crippen LogP contribution in [0.15, 0.2) is 30.3 Å². The summed E-state index contributed by atoms with van der Waals surface area (Å²) in [6.45, 7) is 6.84. The van der Waals surface area contributed by atoms with Crippen molar-refractivity contribution in [2.75, 3.05) is 13.7 Å². The summed E-state index contributed by atoms with van der Waals surface area (Å²) in [5, 5.41) is 32.8. The fraction of sp³-hybridized carbons (Fsp3) is 0.381. The molecule has 0 aliphatic rings. The monoisotopic (exact) mass is 398 g/mol. The van der Waals surface area contributed by atoms with Crippen molar-refractivity contribution in [3.8, 4) is 39.8 Å². The predicted octanol–water partition coefficient (Wildman–Crippen LogP) is 3.41. The number of phenolic OH excluding ortho intramolecular Hbond substituents is 2. The molecule has 0 spiro atoms. The van der Waals surface area contributed by atoms with E-state index in [0.717, 1.165) is 17.5 Å². The van der Waals surface area contributed by atoms with E-state index in [9.17, 15) is 10.2 Å². The van der Waals surface area contributed by atoms with Gasteiger partial charge in [0.15, 0.2) is 5.82 Å². The van der Waals surface area contributed by atoms with E-state index in [0.29, 0.717) is 35.9 Å². The van der Waals surface area contributed by atoms with Gasteiger partial charge >= 0.3 is 0 Å². The molecule has 0 radical (unpaired) electrons. The van der Waals surface area contributed by atoms with Gasteiger partial charge in [0.2, 0.25) is 0 Å². The number of aromatic hydroxyl groups is 2. The van der Waals surface area contributed by atoms with Gasteiger partial charge in [0, 0.05) is 17.2 Å². The van der Waals surface area contributed by atoms with Gasteiger partial charge in [-0.1, -0.05) is 13.0 Å². The van der Waals surface area contributed by atoms with Crippen LogP contribution in [0.3, 0.4) is 0 Å². The quantitative estimate of drug-likeness (QED) is 0.599. The first kappa shape index (κ1) is 20.6. The highest BCUT2D eigenvalue weighted by atomic mass is 16.5. The molecule has 0 atom stereocenters. The molecule has 3 aromatic rings. The second-order valence-corrected chi connectivity index (χ2v) is 6.92. The first-order valence-corrected chi connectivity index (χ1v) is 9.56. The maximum absolute atomic E-state index is 10.5. The minimum absolute atomic E-state index is 0.0556. The van der Waals surface area contributed by atoms with Gasteiger partial charge in [-0.2, -0.15) is 0 Å². The lowest BCUT2D eigenvalue weighted by atomic mass is 9.97. The normalized spacial score (nSPS) is 11.2. The number of nitrogens with zero attached hydrogens (tertiary/aromatic N) is 4. The van der Waals surface area contributed by atoms with Crippen LogP contribution in [0.2, 0.25) is 0 Å². The molecule has 0 unspecified atom stereocenters. The Balaban J connectivity index is 2.06. The van der Waals surface area contributed by atoms with Crippen LogP contribution in [0.5, 0.6) is 17.2 Å². The molecule has 8 heteroatoms. The summed E-state index contributed by atoms with van der Waals surface area (Å²) >= 11 is 0. The average Bonchev–Trinajstić information content (AvgIpc) is 3.15. The number of rotatable bonds is 8. The first-order chi connectivity index (χ1) is 13.9. The number of tetrazole rings is 1. The third kappa shape index (κ3) is 4.48. The highest BCUT2D eigenvalue weighted by Crippen LogP contribution is 2.42. The molecule has 154 valence electrons. The molecule has 0 aliphatic heterocycles. The van der Waals surface area contributed by atoms with E-state index in [2.05, 4.69) is 22.4 Å². The molecule has 1 heterocycles. The zero-order valence-corrected chi connectivity index (χ0v) is 17.1. The summed E-state index contributed by atoms with van der Waals surface area (Å²) in [4.78, 5) is 0. The van der Waals surface area contributed by atoms with Gasteiger partial charge in [0.05, 0.1) is 31.9 Å². The number of benzene rings is 2. The lowest BCUT2D eigenvalue weighted by Gasteiger charge is -2.14. The fourth-order valence-corrected chi connectivity index (χ4v) is 3.08. The van der Waals surface area contributed by atoms with Gasteiger partial charge in [-0.15, -0.1) is 5.10 Å². The number of hydrogen-bond donors (Lipinski definition) is 2. The smallest absolute Gasteiger partial charge is 0.185 e. The number of aryl methyl sites for hydroxylation is 1. The maximum Gasteiger partial charge on any atom is 0.185 e. The number of aromatic nitrogens is 4. The summed E-state index contributed by atoms with van der Waals surface area (Å²) in [5.74, 6) is 0.846. The van der Waals surface area contributed by atoms with Crippen LogP contribution in [0.1, 0.15) is 26.3 Å². The molecule has 29 heavy (non-hydrogen) atoms. The third-order valence-corrected chi connectivity index (χ3v) is 4.60. The number of ether oxygens (including phenoxy) is 2. The third-order valence-electron chi connectivity index (χ3n) is 4.60. The van der Waals surface area contributed by atoms with Crippen molar-refractivity contribution in [2.45, 2.75) is 39.8 Å². The van der Waals surface area contributed by atoms with Crippen molar-refractivity contribution in [3.63, 3.8) is 0 Å². The van der Waals surface area contributed by atoms with Gasteiger partial charge in [-0.3, -0.25) is 0 Å². The van der Waals surface area contributed by atoms with E-state index >= 15 is 0 Å². The second kappa shape index (κ2) is 8.91. The zero-order valence-electron chi connectivity index (χ0n) is 17.1. The molecule has 0 aliphatic carbocycles. The van der Waals surface area contributed by atoms with Crippen LogP contribution < -0.4 is 4.74 Å². The molecule has 8 nitrogen and oxygen atoms in total. The highest BCUT2D eigenvalue weighted by molar-refractivity contribution is 5.82. The topological polar surface area (TPSA) is 103 Å². The highest BCUT2D eigenvalue weighted by Gasteiger charge is 2.19. The molecule has 0 amide bonds. The van der Waals surface area contributed by atoms with Crippen LogP contribution in [0.4, 0.5) is 0 Å². The largest absolute Gasteiger partial charge is 0.507 e. The minimum atomic E-state index is -0.113. The second-order valence-electron chi connectivity index (χ2n) is 6.92. The van der Waals surface area contributed by atoms with Crippen molar-refractivity contribution in [3.05, 3.63) is 35.9 Å². The van der Waals surface area contributed by atoms with Crippen LogP contribution in [0, 0.1) is 0 Å². The number of methoxy groups -OCH3 is 1. The SMILES string of the molecule is CCc1ccc(OC)c(-c2cc(-c3nnnn3CCOC(C)C)c(O)cc2O)c1. The Bertz CT molecular complexity index is 985. The lowest BCUT2D eigenvalue weighted by molar-refractivity contribution is 0.0709. The summed E-state index contributed by atoms with van der Waals surface area (Å²) < 4.78 is 12.6. The minimum Gasteiger partial charge on any atom is -0.507 e. The molecule has 2 aromatic carbocycles. The molecule has 0 fully saturated rings. The van der Waals surface area contributed by atoms with Crippen LogP contribution in [-0.2, 0) is 17.7 Å². The van der Waals surface area contributed by atoms with Crippen molar-refractivity contribution in [1.82, 2.24) is 20.2 Å². The van der Waals surface area contributed by atoms with E-state index < -0.39 is 0 Å². The summed E-state index contributed by atoms with van der Waals surface area (Å²) in [5.41, 5.74) is 2.77. The standard InChI is InChI=1S/C21H26N4O4/c1-5-14-6-7-20(28-4)16(10-14)15-11-17(19(27)12-18(15)26)21-22-23-24-25(21)8-9-29-13(2)3/h6-7,10-13,26-27H,5,8-9H2,1-4H3. The fourth-order valence-electron chi connectivity index (χ4n) is 3.08. The Labute approximate surface area is 169 Å². The molecular weight excluding hydrogens is 372 g/mol. The molecule has 1 aromatic heterocycles. The van der Waals surface area contributed by atoms with Crippen LogP contribution in [-0.4, -0.2) is 50.2 Å². The molecule has 0 bridgehead atoms. The van der Waals surface area contributed by atoms with E-state index in [4.69, 9.17) is 9.47 Å². The molecule has 0 saturated carbocycles. The average molecular weight is 398 g/mol. The van der Waals surface area contributed by atoms with Crippen molar-refractivity contribution >= 4 is 0 Å². The predicted molar refractivity (Wildman–Crippen MR) is 109 cm³/mol. The van der Waals surface area contributed by atoms with Crippen LogP contribution in [0.25, 0.3) is 22.5 Å². The Morgan fingerprint density at radius 2 is 1.79 bits per heavy atom. The van der Waals surface area contributed by atoms with Gasteiger partial charge in [0.1, 0.15) is 17.2 Å². The van der Waals surface area contributed by atoms with Crippen molar-refractivity contribution < 1.29 is 19.7 Å². The van der Waals surface area contributed by atoms with E-state index in [1.165, 1.54) is 6.07 Å². The molecule has 0 saturated heterocycles. The summed E-state index contributed by atoms with van der Waals surface area (Å²) in [6.07, 6.45) is 0.943. The van der Waals surface area contributed by atoms with Gasteiger partial charge < -0.3 is 19.7 Å². The van der Waals surface area contributed by atoms with E-state index in [-0.39, 0.29) is 17.6 Å². The molecule has 3 rings (SSSR count). The van der Waals surface area contributed by atoms with E-state index in [1.807, 2.05) is 32.0 Å². The zero-order chi connectivity index (χ0) is 21.0. The Morgan fingerprint density at radius 1 is 1.03 bits per heavy atom. The van der Waals surface area contributed by atoms with Crippen molar-refractivity contribution in [2.24, 2.45) is 0 Å². The van der Waals surface area contributed by atoms with Gasteiger partial charge in [-0.25, -0.2) is 4.68 Å². The number of hydrogen-bond acceptors (Lipinski definition) is 7. The Kier molecular flexibility index (Phi) is 6.33. The maximum atomic E-state index is 10.5. The van der Waals surface area contributed by atoms with Crippen molar-refractivity contribution in [1.29, 1.82) is 0 Å². The summed E-state index contributed by atoms with van der Waals surface area (Å²) in [7, 11) is 1.58. The van der Waals surface area contributed by atoms with Crippen LogP contribution >= 0.6 is 0 Å². The summed E-state index contributed by atoms with van der Waals surface area (Å²) in [6, 6.07) is 8.79. The first-order valence-electron chi connectivity index (χ1n) is 9.56. The Morgan fingerprint density at radius 3 is 2.48 bits per heavy atom. The number of phenols is 2. The molecule has 2 N–H and O–H groups in total.